The number of carbonyl (C=O) groups is 2. The van der Waals surface area contributed by atoms with Gasteiger partial charge >= 0.3 is 6.09 Å². The van der Waals surface area contributed by atoms with E-state index >= 15 is 0 Å². The molecule has 0 atom stereocenters. The van der Waals surface area contributed by atoms with Gasteiger partial charge in [-0.2, -0.15) is 0 Å². The number of aromatic nitrogens is 2. The molecule has 0 bridgehead atoms. The van der Waals surface area contributed by atoms with Gasteiger partial charge in [-0.3, -0.25) is 15.1 Å². The largest absolute Gasteiger partial charge is 0.476 e. The highest BCUT2D eigenvalue weighted by molar-refractivity contribution is 6.13. The van der Waals surface area contributed by atoms with E-state index in [1.807, 2.05) is 39.3 Å². The average molecular weight is 476 g/mol. The summed E-state index contributed by atoms with van der Waals surface area (Å²) in [4.78, 5) is 37.3. The minimum absolute atomic E-state index is 0.142. The van der Waals surface area contributed by atoms with Crippen LogP contribution in [0.25, 0.3) is 22.0 Å². The average Bonchev–Trinajstić information content (AvgIpc) is 3.04. The highest BCUT2D eigenvalue weighted by Gasteiger charge is 2.54. The van der Waals surface area contributed by atoms with E-state index in [1.54, 1.807) is 23.4 Å². The van der Waals surface area contributed by atoms with Crippen LogP contribution in [-0.4, -0.2) is 66.3 Å². The molecule has 1 saturated carbocycles. The molecule has 0 unspecified atom stereocenters. The number of likely N-dealkylation sites (N-methyl/N-ethyl adjacent to an activating group) is 1. The van der Waals surface area contributed by atoms with Crippen molar-refractivity contribution < 1.29 is 19.4 Å². The van der Waals surface area contributed by atoms with Gasteiger partial charge in [-0.15, -0.1) is 0 Å². The van der Waals surface area contributed by atoms with Crippen molar-refractivity contribution in [2.75, 3.05) is 44.5 Å². The Morgan fingerprint density at radius 1 is 1.20 bits per heavy atom. The van der Waals surface area contributed by atoms with Crippen LogP contribution in [0.15, 0.2) is 36.7 Å². The topological polar surface area (TPSA) is 108 Å². The molecular weight excluding hydrogens is 446 g/mol. The van der Waals surface area contributed by atoms with Gasteiger partial charge in [0.05, 0.1) is 29.4 Å². The van der Waals surface area contributed by atoms with E-state index in [1.165, 1.54) is 0 Å². The van der Waals surface area contributed by atoms with Crippen LogP contribution in [0.3, 0.4) is 0 Å². The van der Waals surface area contributed by atoms with Crippen molar-refractivity contribution in [2.24, 2.45) is 0 Å². The van der Waals surface area contributed by atoms with Gasteiger partial charge in [0, 0.05) is 36.3 Å². The predicted molar refractivity (Wildman–Crippen MR) is 134 cm³/mol. The molecule has 2 N–H and O–H groups in total. The first-order chi connectivity index (χ1) is 16.8. The summed E-state index contributed by atoms with van der Waals surface area (Å²) in [6.45, 7) is 1.28. The molecule has 182 valence electrons. The van der Waals surface area contributed by atoms with Crippen LogP contribution in [0.4, 0.5) is 16.2 Å². The monoisotopic (exact) mass is 475 g/mol. The molecule has 2 aliphatic rings. The SMILES string of the molecule is CN(C)CCCOc1ncc(-c2ccc3ncc4c(c3c2)C2(CCC2)C(=O)N4C)cc1NC(=O)O. The Morgan fingerprint density at radius 3 is 2.69 bits per heavy atom. The van der Waals surface area contributed by atoms with Crippen molar-refractivity contribution in [1.82, 2.24) is 14.9 Å². The van der Waals surface area contributed by atoms with Crippen LogP contribution in [0, 0.1) is 0 Å². The van der Waals surface area contributed by atoms with Crippen LogP contribution in [-0.2, 0) is 10.2 Å². The van der Waals surface area contributed by atoms with Crippen LogP contribution in [0.1, 0.15) is 31.2 Å². The number of hydrogen-bond donors (Lipinski definition) is 2. The Labute approximate surface area is 203 Å². The van der Waals surface area contributed by atoms with Crippen LogP contribution < -0.4 is 15.0 Å². The molecule has 35 heavy (non-hydrogen) atoms. The molecule has 9 nitrogen and oxygen atoms in total. The van der Waals surface area contributed by atoms with Crippen LogP contribution in [0.2, 0.25) is 0 Å². The minimum Gasteiger partial charge on any atom is -0.476 e. The predicted octanol–water partition coefficient (Wildman–Crippen LogP) is 4.12. The van der Waals surface area contributed by atoms with E-state index in [-0.39, 0.29) is 11.8 Å². The van der Waals surface area contributed by atoms with Crippen molar-refractivity contribution in [3.8, 4) is 17.0 Å². The minimum atomic E-state index is -1.18. The Morgan fingerprint density at radius 2 is 2.00 bits per heavy atom. The van der Waals surface area contributed by atoms with Gasteiger partial charge in [0.15, 0.2) is 0 Å². The number of carbonyl (C=O) groups excluding carboxylic acids is 1. The molecule has 1 fully saturated rings. The second-order valence-electron chi connectivity index (χ2n) is 9.56. The summed E-state index contributed by atoms with van der Waals surface area (Å²) in [5.74, 6) is 0.391. The Bertz CT molecular complexity index is 1320. The summed E-state index contributed by atoms with van der Waals surface area (Å²) in [6.07, 6.45) is 5.81. The summed E-state index contributed by atoms with van der Waals surface area (Å²) < 4.78 is 5.77. The van der Waals surface area contributed by atoms with Gasteiger partial charge in [0.2, 0.25) is 11.8 Å². The van der Waals surface area contributed by atoms with E-state index in [9.17, 15) is 14.7 Å². The lowest BCUT2D eigenvalue weighted by Crippen LogP contribution is -2.43. The first-order valence-corrected chi connectivity index (χ1v) is 11.8. The van der Waals surface area contributed by atoms with Crippen molar-refractivity contribution in [3.05, 3.63) is 42.2 Å². The zero-order valence-corrected chi connectivity index (χ0v) is 20.2. The number of pyridine rings is 2. The van der Waals surface area contributed by atoms with Crippen LogP contribution in [0.5, 0.6) is 5.88 Å². The lowest BCUT2D eigenvalue weighted by atomic mass is 9.64. The molecule has 2 aromatic heterocycles. The Balaban J connectivity index is 1.53. The third-order valence-corrected chi connectivity index (χ3v) is 7.02. The third kappa shape index (κ3) is 3.95. The molecule has 3 aromatic rings. The highest BCUT2D eigenvalue weighted by Crippen LogP contribution is 2.55. The maximum atomic E-state index is 13.1. The second kappa shape index (κ2) is 8.81. The van der Waals surface area contributed by atoms with Crippen molar-refractivity contribution in [2.45, 2.75) is 31.1 Å². The summed E-state index contributed by atoms with van der Waals surface area (Å²) >= 11 is 0. The van der Waals surface area contributed by atoms with Gasteiger partial charge in [0.1, 0.15) is 5.69 Å². The van der Waals surface area contributed by atoms with Gasteiger partial charge in [-0.1, -0.05) is 12.5 Å². The molecule has 9 heteroatoms. The highest BCUT2D eigenvalue weighted by atomic mass is 16.5. The lowest BCUT2D eigenvalue weighted by Gasteiger charge is -2.37. The zero-order chi connectivity index (χ0) is 24.7. The zero-order valence-electron chi connectivity index (χ0n) is 20.2. The standard InChI is InChI=1S/C26H29N5O4/c1-30(2)10-5-11-35-23-20(29-25(33)34)13-17(14-28-23)16-6-7-19-18(12-16)22-21(15-27-19)31(3)24(32)26(22)8-4-9-26/h6-7,12-15,29H,4-5,8-11H2,1-3H3,(H,33,34). The lowest BCUT2D eigenvalue weighted by molar-refractivity contribution is -0.125. The Kier molecular flexibility index (Phi) is 5.80. The number of hydrogen-bond acceptors (Lipinski definition) is 6. The smallest absolute Gasteiger partial charge is 0.409 e. The molecule has 1 spiro atoms. The molecule has 0 radical (unpaired) electrons. The number of nitrogens with zero attached hydrogens (tertiary/aromatic N) is 4. The molecule has 1 aliphatic carbocycles. The molecule has 5 rings (SSSR count). The van der Waals surface area contributed by atoms with E-state index in [0.29, 0.717) is 12.3 Å². The normalized spacial score (nSPS) is 16.0. The van der Waals surface area contributed by atoms with Gasteiger partial charge in [-0.05, 0) is 57.1 Å². The molecule has 1 aliphatic heterocycles. The number of rotatable bonds is 7. The summed E-state index contributed by atoms with van der Waals surface area (Å²) in [6, 6.07) is 7.65. The second-order valence-corrected chi connectivity index (χ2v) is 9.56. The van der Waals surface area contributed by atoms with Crippen molar-refractivity contribution in [1.29, 1.82) is 0 Å². The fourth-order valence-electron chi connectivity index (χ4n) is 5.13. The number of ether oxygens (including phenoxy) is 1. The summed E-state index contributed by atoms with van der Waals surface area (Å²) in [5.41, 5.74) is 4.20. The quantitative estimate of drug-likeness (QED) is 0.495. The number of anilines is 2. The number of benzene rings is 1. The summed E-state index contributed by atoms with van der Waals surface area (Å²) in [5, 5.41) is 12.7. The van der Waals surface area contributed by atoms with E-state index < -0.39 is 11.5 Å². The third-order valence-electron chi connectivity index (χ3n) is 7.02. The fraction of sp³-hybridized carbons (Fsp3) is 0.385. The molecule has 1 aromatic carbocycles. The molecule has 3 heterocycles. The number of nitrogens with one attached hydrogen (secondary N) is 1. The van der Waals surface area contributed by atoms with Crippen molar-refractivity contribution in [3.63, 3.8) is 0 Å². The molecular formula is C26H29N5O4. The number of fused-ring (bicyclic) bond motifs is 4. The van der Waals surface area contributed by atoms with Crippen molar-refractivity contribution >= 4 is 34.3 Å². The van der Waals surface area contributed by atoms with Gasteiger partial charge in [-0.25, -0.2) is 9.78 Å². The Hall–Kier alpha value is -3.72. The first-order valence-electron chi connectivity index (χ1n) is 11.8. The maximum absolute atomic E-state index is 13.1. The molecule has 0 saturated heterocycles. The van der Waals surface area contributed by atoms with Gasteiger partial charge < -0.3 is 19.6 Å². The first kappa shape index (κ1) is 23.0. The van der Waals surface area contributed by atoms with E-state index in [0.717, 1.165) is 65.5 Å². The van der Waals surface area contributed by atoms with E-state index in [2.05, 4.69) is 20.2 Å². The number of amides is 2. The van der Waals surface area contributed by atoms with Gasteiger partial charge in [0.25, 0.3) is 0 Å². The molecule has 2 amide bonds. The fourth-order valence-corrected chi connectivity index (χ4v) is 5.13. The number of carboxylic acid groups (broad SMARTS) is 1. The van der Waals surface area contributed by atoms with E-state index in [4.69, 9.17) is 4.74 Å². The summed E-state index contributed by atoms with van der Waals surface area (Å²) in [7, 11) is 5.79. The van der Waals surface area contributed by atoms with Crippen LogP contribution >= 0.6 is 0 Å². The maximum Gasteiger partial charge on any atom is 0.409 e.